The van der Waals surface area contributed by atoms with Crippen molar-refractivity contribution >= 4 is 17.9 Å². The van der Waals surface area contributed by atoms with Gasteiger partial charge in [-0.25, -0.2) is 4.79 Å². The molecule has 6 nitrogen and oxygen atoms in total. The van der Waals surface area contributed by atoms with Crippen LogP contribution in [0, 0.1) is 0 Å². The van der Waals surface area contributed by atoms with Crippen LogP contribution in [0.5, 0.6) is 0 Å². The van der Waals surface area contributed by atoms with Gasteiger partial charge in [0.1, 0.15) is 11.6 Å². The van der Waals surface area contributed by atoms with Crippen LogP contribution in [0.4, 0.5) is 4.79 Å². The molecule has 0 aliphatic carbocycles. The van der Waals surface area contributed by atoms with Crippen LogP contribution in [0.25, 0.3) is 0 Å². The van der Waals surface area contributed by atoms with Crippen molar-refractivity contribution in [1.82, 2.24) is 15.5 Å². The molecule has 1 amide bonds. The number of ether oxygens (including phenoxy) is 1. The lowest BCUT2D eigenvalue weighted by atomic mass is 10.2. The summed E-state index contributed by atoms with van der Waals surface area (Å²) in [6.07, 6.45) is 3.02. The molecule has 120 valence electrons. The van der Waals surface area contributed by atoms with Gasteiger partial charge < -0.3 is 14.5 Å². The second-order valence-electron chi connectivity index (χ2n) is 5.83. The summed E-state index contributed by atoms with van der Waals surface area (Å²) in [6, 6.07) is -0.377. The first-order chi connectivity index (χ1) is 9.81. The summed E-state index contributed by atoms with van der Waals surface area (Å²) in [4.78, 5) is 11.7. The highest BCUT2D eigenvalue weighted by Gasteiger charge is 2.21. The Kier molecular flexibility index (Phi) is 7.01. The lowest BCUT2D eigenvalue weighted by Gasteiger charge is -2.20. The Morgan fingerprint density at radius 3 is 2.71 bits per heavy atom. The number of hydrogen-bond donors (Lipinski definition) is 1. The number of amides is 1. The fraction of sp³-hybridized carbons (Fsp3) is 0.786. The Morgan fingerprint density at radius 2 is 2.10 bits per heavy atom. The average molecular weight is 315 g/mol. The molecule has 1 N–H and O–H groups in total. The first-order valence-electron chi connectivity index (χ1n) is 7.27. The lowest BCUT2D eigenvalue weighted by molar-refractivity contribution is 0.0500. The smallest absolute Gasteiger partial charge is 0.408 e. The van der Waals surface area contributed by atoms with Gasteiger partial charge in [0.05, 0.1) is 0 Å². The summed E-state index contributed by atoms with van der Waals surface area (Å²) in [7, 11) is 0. The Bertz CT molecular complexity index is 443. The zero-order valence-corrected chi connectivity index (χ0v) is 14.2. The molecule has 0 fully saturated rings. The SMILES string of the molecule is CCCCCSc1nnc([C@@H](C)NC(=O)OC(C)(C)C)o1. The van der Waals surface area contributed by atoms with Gasteiger partial charge in [-0.3, -0.25) is 0 Å². The molecule has 21 heavy (non-hydrogen) atoms. The van der Waals surface area contributed by atoms with Gasteiger partial charge in [0, 0.05) is 5.75 Å². The third-order valence-electron chi connectivity index (χ3n) is 2.50. The van der Waals surface area contributed by atoms with E-state index < -0.39 is 11.7 Å². The first kappa shape index (κ1) is 17.8. The summed E-state index contributed by atoms with van der Waals surface area (Å²) >= 11 is 1.54. The van der Waals surface area contributed by atoms with Gasteiger partial charge in [0.2, 0.25) is 5.89 Å². The molecule has 0 radical (unpaired) electrons. The minimum absolute atomic E-state index is 0.377. The number of unbranched alkanes of at least 4 members (excludes halogenated alkanes) is 2. The van der Waals surface area contributed by atoms with E-state index in [9.17, 15) is 4.79 Å². The third kappa shape index (κ3) is 7.36. The molecule has 0 bridgehead atoms. The Morgan fingerprint density at radius 1 is 1.38 bits per heavy atom. The van der Waals surface area contributed by atoms with Gasteiger partial charge in [-0.2, -0.15) is 0 Å². The van der Waals surface area contributed by atoms with E-state index in [1.165, 1.54) is 12.8 Å². The minimum atomic E-state index is -0.529. The van der Waals surface area contributed by atoms with E-state index in [-0.39, 0.29) is 6.04 Å². The monoisotopic (exact) mass is 315 g/mol. The molecule has 0 aliphatic rings. The van der Waals surface area contributed by atoms with Crippen molar-refractivity contribution in [1.29, 1.82) is 0 Å². The largest absolute Gasteiger partial charge is 0.444 e. The van der Waals surface area contributed by atoms with Crippen LogP contribution in [0.3, 0.4) is 0 Å². The molecule has 1 aromatic rings. The van der Waals surface area contributed by atoms with Crippen LogP contribution in [-0.4, -0.2) is 27.6 Å². The van der Waals surface area contributed by atoms with Crippen molar-refractivity contribution in [3.8, 4) is 0 Å². The summed E-state index contributed by atoms with van der Waals surface area (Å²) in [5.41, 5.74) is -0.529. The summed E-state index contributed by atoms with van der Waals surface area (Å²) in [5, 5.41) is 11.1. The molecule has 0 saturated carbocycles. The van der Waals surface area contributed by atoms with Crippen molar-refractivity contribution in [3.63, 3.8) is 0 Å². The van der Waals surface area contributed by atoms with Crippen molar-refractivity contribution in [2.24, 2.45) is 0 Å². The van der Waals surface area contributed by atoms with Crippen molar-refractivity contribution in [2.45, 2.75) is 70.7 Å². The van der Waals surface area contributed by atoms with Crippen LogP contribution in [0.15, 0.2) is 9.64 Å². The molecule has 1 rings (SSSR count). The fourth-order valence-corrected chi connectivity index (χ4v) is 2.28. The van der Waals surface area contributed by atoms with Gasteiger partial charge in [0.15, 0.2) is 0 Å². The van der Waals surface area contributed by atoms with Crippen molar-refractivity contribution < 1.29 is 13.9 Å². The molecule has 1 aromatic heterocycles. The van der Waals surface area contributed by atoms with Crippen LogP contribution >= 0.6 is 11.8 Å². The van der Waals surface area contributed by atoms with Gasteiger partial charge in [0.25, 0.3) is 5.22 Å². The standard InChI is InChI=1S/C14H25N3O3S/c1-6-7-8-9-21-13-17-16-11(19-13)10(2)15-12(18)20-14(3,4)5/h10H,6-9H2,1-5H3,(H,15,18)/t10-/m1/s1. The zero-order chi connectivity index (χ0) is 15.9. The summed E-state index contributed by atoms with van der Waals surface area (Å²) in [5.74, 6) is 1.35. The van der Waals surface area contributed by atoms with Crippen LogP contribution < -0.4 is 5.32 Å². The predicted octanol–water partition coefficient (Wildman–Crippen LogP) is 3.94. The number of alkyl carbamates (subject to hydrolysis) is 1. The van der Waals surface area contributed by atoms with E-state index in [2.05, 4.69) is 22.4 Å². The maximum Gasteiger partial charge on any atom is 0.408 e. The van der Waals surface area contributed by atoms with E-state index >= 15 is 0 Å². The maximum absolute atomic E-state index is 11.7. The Balaban J connectivity index is 2.42. The highest BCUT2D eigenvalue weighted by atomic mass is 32.2. The number of carbonyl (C=O) groups is 1. The van der Waals surface area contributed by atoms with Crippen LogP contribution in [0.1, 0.15) is 65.8 Å². The molecular weight excluding hydrogens is 290 g/mol. The third-order valence-corrected chi connectivity index (χ3v) is 3.40. The number of rotatable bonds is 7. The van der Waals surface area contributed by atoms with Gasteiger partial charge in [-0.15, -0.1) is 10.2 Å². The molecule has 0 aliphatic heterocycles. The van der Waals surface area contributed by atoms with Crippen LogP contribution in [0.2, 0.25) is 0 Å². The predicted molar refractivity (Wildman–Crippen MR) is 82.3 cm³/mol. The number of nitrogens with one attached hydrogen (secondary N) is 1. The number of aromatic nitrogens is 2. The molecule has 0 saturated heterocycles. The van der Waals surface area contributed by atoms with E-state index in [0.29, 0.717) is 11.1 Å². The number of hydrogen-bond acceptors (Lipinski definition) is 6. The quantitative estimate of drug-likeness (QED) is 0.606. The molecular formula is C14H25N3O3S. The van der Waals surface area contributed by atoms with E-state index in [1.54, 1.807) is 18.7 Å². The van der Waals surface area contributed by atoms with Gasteiger partial charge >= 0.3 is 6.09 Å². The number of thioether (sulfide) groups is 1. The van der Waals surface area contributed by atoms with Crippen molar-refractivity contribution in [3.05, 3.63) is 5.89 Å². The molecule has 0 spiro atoms. The molecule has 1 heterocycles. The maximum atomic E-state index is 11.7. The Hall–Kier alpha value is -1.24. The first-order valence-corrected chi connectivity index (χ1v) is 8.26. The fourth-order valence-electron chi connectivity index (χ4n) is 1.51. The second-order valence-corrected chi connectivity index (χ2v) is 6.88. The summed E-state index contributed by atoms with van der Waals surface area (Å²) < 4.78 is 10.7. The van der Waals surface area contributed by atoms with Gasteiger partial charge in [-0.1, -0.05) is 31.5 Å². The topological polar surface area (TPSA) is 77.2 Å². The second kappa shape index (κ2) is 8.26. The van der Waals surface area contributed by atoms with Gasteiger partial charge in [-0.05, 0) is 34.1 Å². The molecule has 1 atom stereocenters. The van der Waals surface area contributed by atoms with E-state index in [0.717, 1.165) is 12.2 Å². The highest BCUT2D eigenvalue weighted by molar-refractivity contribution is 7.99. The van der Waals surface area contributed by atoms with Crippen molar-refractivity contribution in [2.75, 3.05) is 5.75 Å². The summed E-state index contributed by atoms with van der Waals surface area (Å²) in [6.45, 7) is 9.39. The molecule has 0 unspecified atom stereocenters. The molecule has 7 heteroatoms. The van der Waals surface area contributed by atoms with E-state index in [1.807, 2.05) is 20.8 Å². The number of nitrogens with zero attached hydrogens (tertiary/aromatic N) is 2. The molecule has 0 aromatic carbocycles. The lowest BCUT2D eigenvalue weighted by Crippen LogP contribution is -2.34. The van der Waals surface area contributed by atoms with Crippen LogP contribution in [-0.2, 0) is 4.74 Å². The zero-order valence-electron chi connectivity index (χ0n) is 13.4. The highest BCUT2D eigenvalue weighted by Crippen LogP contribution is 2.21. The number of carbonyl (C=O) groups excluding carboxylic acids is 1. The minimum Gasteiger partial charge on any atom is -0.444 e. The van der Waals surface area contributed by atoms with E-state index in [4.69, 9.17) is 9.15 Å². The Labute approximate surface area is 130 Å². The average Bonchev–Trinajstić information content (AvgIpc) is 2.81. The normalized spacial score (nSPS) is 13.0.